The van der Waals surface area contributed by atoms with Crippen LogP contribution in [0.4, 0.5) is 0 Å². The average Bonchev–Trinajstić information content (AvgIpc) is 2.22. The molecule has 2 heteroatoms. The van der Waals surface area contributed by atoms with E-state index < -0.39 is 0 Å². The molecule has 0 N–H and O–H groups in total. The predicted molar refractivity (Wildman–Crippen MR) is 78.3 cm³/mol. The van der Waals surface area contributed by atoms with Crippen LogP contribution in [0.2, 0.25) is 0 Å². The third-order valence-electron chi connectivity index (χ3n) is 3.51. The fraction of sp³-hybridized carbons (Fsp3) is 1.00. The first-order chi connectivity index (χ1) is 6.99. The molecular weight excluding hydrogens is 220 g/mol. The van der Waals surface area contributed by atoms with E-state index >= 15 is 0 Å². The molecule has 0 aliphatic heterocycles. The Kier molecular flexibility index (Phi) is 9.22. The molecular formula is C13H28S2. The van der Waals surface area contributed by atoms with E-state index in [4.69, 9.17) is 0 Å². The third kappa shape index (κ3) is 7.57. The first-order valence-corrected chi connectivity index (χ1v) is 7.38. The van der Waals surface area contributed by atoms with Crippen LogP contribution in [-0.2, 0) is 0 Å². The fourth-order valence-corrected chi connectivity index (χ4v) is 2.42. The summed E-state index contributed by atoms with van der Waals surface area (Å²) in [7, 11) is 0. The Labute approximate surface area is 107 Å². The number of thiol groups is 2. The van der Waals surface area contributed by atoms with Gasteiger partial charge in [0, 0.05) is 10.5 Å². The molecule has 4 unspecified atom stereocenters. The van der Waals surface area contributed by atoms with E-state index in [-0.39, 0.29) is 0 Å². The molecule has 92 valence electrons. The molecule has 0 saturated heterocycles. The predicted octanol–water partition coefficient (Wildman–Crippen LogP) is 4.85. The van der Waals surface area contributed by atoms with Crippen molar-refractivity contribution in [1.29, 1.82) is 0 Å². The Hall–Kier alpha value is 0.700. The Morgan fingerprint density at radius 1 is 0.933 bits per heavy atom. The fourth-order valence-electron chi connectivity index (χ4n) is 1.63. The van der Waals surface area contributed by atoms with Crippen LogP contribution in [0.15, 0.2) is 0 Å². The van der Waals surface area contributed by atoms with Crippen molar-refractivity contribution in [2.45, 2.75) is 70.3 Å². The molecule has 0 aliphatic carbocycles. The number of rotatable bonds is 8. The SMILES string of the molecule is CCC(C)CCCCC(S)C(C)C(C)S. The zero-order valence-corrected chi connectivity index (χ0v) is 12.5. The number of unbranched alkanes of at least 4 members (excludes halogenated alkanes) is 1. The van der Waals surface area contributed by atoms with Crippen LogP contribution in [-0.4, -0.2) is 10.5 Å². The Morgan fingerprint density at radius 3 is 1.93 bits per heavy atom. The average molecular weight is 249 g/mol. The highest BCUT2D eigenvalue weighted by Gasteiger charge is 2.16. The van der Waals surface area contributed by atoms with Gasteiger partial charge in [-0.25, -0.2) is 0 Å². The van der Waals surface area contributed by atoms with Gasteiger partial charge in [-0.2, -0.15) is 25.3 Å². The van der Waals surface area contributed by atoms with Crippen molar-refractivity contribution in [1.82, 2.24) is 0 Å². The summed E-state index contributed by atoms with van der Waals surface area (Å²) in [4.78, 5) is 0. The van der Waals surface area contributed by atoms with Gasteiger partial charge < -0.3 is 0 Å². The molecule has 0 aromatic carbocycles. The van der Waals surface area contributed by atoms with Crippen LogP contribution in [0.1, 0.15) is 59.8 Å². The topological polar surface area (TPSA) is 0 Å². The first kappa shape index (κ1) is 15.7. The van der Waals surface area contributed by atoms with Gasteiger partial charge in [-0.1, -0.05) is 53.4 Å². The second-order valence-electron chi connectivity index (χ2n) is 4.96. The van der Waals surface area contributed by atoms with Crippen molar-refractivity contribution >= 4 is 25.3 Å². The molecule has 0 rings (SSSR count). The minimum absolute atomic E-state index is 0.460. The van der Waals surface area contributed by atoms with Crippen LogP contribution in [0.25, 0.3) is 0 Å². The van der Waals surface area contributed by atoms with Gasteiger partial charge >= 0.3 is 0 Å². The molecule has 0 aromatic heterocycles. The van der Waals surface area contributed by atoms with Crippen LogP contribution >= 0.6 is 25.3 Å². The van der Waals surface area contributed by atoms with Crippen LogP contribution in [0, 0.1) is 11.8 Å². The lowest BCUT2D eigenvalue weighted by Crippen LogP contribution is -2.19. The maximum atomic E-state index is 4.66. The van der Waals surface area contributed by atoms with Gasteiger partial charge in [0.1, 0.15) is 0 Å². The minimum Gasteiger partial charge on any atom is -0.176 e. The van der Waals surface area contributed by atoms with Crippen molar-refractivity contribution in [2.75, 3.05) is 0 Å². The Bertz CT molecular complexity index is 145. The quantitative estimate of drug-likeness (QED) is 0.445. The summed E-state index contributed by atoms with van der Waals surface area (Å²) in [5.74, 6) is 1.50. The van der Waals surface area contributed by atoms with Crippen LogP contribution in [0.3, 0.4) is 0 Å². The normalized spacial score (nSPS) is 19.6. The lowest BCUT2D eigenvalue weighted by Gasteiger charge is -2.22. The third-order valence-corrected chi connectivity index (χ3v) is 4.71. The molecule has 0 aromatic rings. The van der Waals surface area contributed by atoms with E-state index in [1.54, 1.807) is 0 Å². The van der Waals surface area contributed by atoms with E-state index in [9.17, 15) is 0 Å². The van der Waals surface area contributed by atoms with E-state index in [0.717, 1.165) is 5.92 Å². The van der Waals surface area contributed by atoms with Crippen LogP contribution in [0.5, 0.6) is 0 Å². The zero-order chi connectivity index (χ0) is 11.8. The molecule has 0 aliphatic rings. The van der Waals surface area contributed by atoms with Gasteiger partial charge in [0.15, 0.2) is 0 Å². The van der Waals surface area contributed by atoms with Gasteiger partial charge in [0.2, 0.25) is 0 Å². The zero-order valence-electron chi connectivity index (χ0n) is 10.7. The van der Waals surface area contributed by atoms with Gasteiger partial charge in [-0.05, 0) is 18.3 Å². The molecule has 0 saturated carbocycles. The van der Waals surface area contributed by atoms with Crippen LogP contribution < -0.4 is 0 Å². The summed E-state index contributed by atoms with van der Waals surface area (Å²) in [6, 6.07) is 0. The first-order valence-electron chi connectivity index (χ1n) is 6.35. The van der Waals surface area contributed by atoms with Gasteiger partial charge in [-0.15, -0.1) is 0 Å². The highest BCUT2D eigenvalue weighted by atomic mass is 32.1. The minimum atomic E-state index is 0.460. The van der Waals surface area contributed by atoms with Crippen molar-refractivity contribution in [3.05, 3.63) is 0 Å². The summed E-state index contributed by atoms with van der Waals surface area (Å²) >= 11 is 9.14. The number of hydrogen-bond donors (Lipinski definition) is 2. The summed E-state index contributed by atoms with van der Waals surface area (Å²) in [6.07, 6.45) is 6.62. The van der Waals surface area contributed by atoms with Gasteiger partial charge in [0.25, 0.3) is 0 Å². The van der Waals surface area contributed by atoms with Crippen molar-refractivity contribution in [2.24, 2.45) is 11.8 Å². The summed E-state index contributed by atoms with van der Waals surface area (Å²) < 4.78 is 0. The lowest BCUT2D eigenvalue weighted by atomic mass is 9.96. The van der Waals surface area contributed by atoms with Gasteiger partial charge in [0.05, 0.1) is 0 Å². The van der Waals surface area contributed by atoms with Gasteiger partial charge in [-0.3, -0.25) is 0 Å². The summed E-state index contributed by atoms with van der Waals surface area (Å²) in [6.45, 7) is 9.04. The van der Waals surface area contributed by atoms with Crippen molar-refractivity contribution in [3.8, 4) is 0 Å². The highest BCUT2D eigenvalue weighted by Crippen LogP contribution is 2.23. The smallest absolute Gasteiger partial charge is 0.00528 e. The van der Waals surface area contributed by atoms with Crippen molar-refractivity contribution < 1.29 is 0 Å². The maximum Gasteiger partial charge on any atom is 0.00528 e. The van der Waals surface area contributed by atoms with E-state index in [1.807, 2.05) is 0 Å². The molecule has 0 spiro atoms. The standard InChI is InChI=1S/C13H28S2/c1-5-10(2)8-6-7-9-13(15)11(3)12(4)14/h10-15H,5-9H2,1-4H3. The largest absolute Gasteiger partial charge is 0.176 e. The molecule has 0 radical (unpaired) electrons. The second kappa shape index (κ2) is 8.81. The monoisotopic (exact) mass is 248 g/mol. The highest BCUT2D eigenvalue weighted by molar-refractivity contribution is 7.81. The Morgan fingerprint density at radius 2 is 1.47 bits per heavy atom. The molecule has 0 fully saturated rings. The van der Waals surface area contributed by atoms with E-state index in [0.29, 0.717) is 16.4 Å². The lowest BCUT2D eigenvalue weighted by molar-refractivity contribution is 0.455. The Balaban J connectivity index is 3.50. The second-order valence-corrected chi connectivity index (χ2v) is 6.44. The maximum absolute atomic E-state index is 4.66. The molecule has 4 atom stereocenters. The van der Waals surface area contributed by atoms with E-state index in [1.165, 1.54) is 32.1 Å². The molecule has 0 heterocycles. The summed E-state index contributed by atoms with van der Waals surface area (Å²) in [5, 5.41) is 0.983. The molecule has 0 amide bonds. The summed E-state index contributed by atoms with van der Waals surface area (Å²) in [5.41, 5.74) is 0. The molecule has 15 heavy (non-hydrogen) atoms. The molecule has 0 bridgehead atoms. The van der Waals surface area contributed by atoms with Crippen molar-refractivity contribution in [3.63, 3.8) is 0 Å². The number of hydrogen-bond acceptors (Lipinski definition) is 2. The molecule has 0 nitrogen and oxygen atoms in total. The van der Waals surface area contributed by atoms with E-state index in [2.05, 4.69) is 53.0 Å².